The summed E-state index contributed by atoms with van der Waals surface area (Å²) in [5.41, 5.74) is 7.59. The van der Waals surface area contributed by atoms with Gasteiger partial charge < -0.3 is 56.5 Å². The summed E-state index contributed by atoms with van der Waals surface area (Å²) < 4.78 is 125. The van der Waals surface area contributed by atoms with E-state index in [0.29, 0.717) is 141 Å². The number of benzene rings is 4. The van der Waals surface area contributed by atoms with Gasteiger partial charge in [0, 0.05) is 31.3 Å². The summed E-state index contributed by atoms with van der Waals surface area (Å²) in [5, 5.41) is 5.92. The number of carbonyl (C=O) groups is 3. The predicted octanol–water partition coefficient (Wildman–Crippen LogP) is 8.24. The second-order valence-corrected chi connectivity index (χ2v) is 27.2. The van der Waals surface area contributed by atoms with E-state index in [-0.39, 0.29) is 79.6 Å². The van der Waals surface area contributed by atoms with Crippen LogP contribution in [0.3, 0.4) is 0 Å². The van der Waals surface area contributed by atoms with E-state index in [2.05, 4.69) is 10.6 Å². The molecular weight excluding hydrogens is 1410 g/mol. The number of hydrogen-bond donors (Lipinski definition) is 5. The molecule has 1 radical (unpaired) electrons. The molecule has 95 heavy (non-hydrogen) atoms. The molecule has 3 aromatic heterocycles. The van der Waals surface area contributed by atoms with E-state index in [0.717, 1.165) is 37.9 Å². The normalized spacial score (nSPS) is 12.1. The predicted molar refractivity (Wildman–Crippen MR) is 358 cm³/mol. The standard InChI is InChI=1S/C67H72N6O16S4.BrH.Fe/c1-45(74)90-43-9-7-5-3-2-4-6-8-10-62(75)68-35-36-86-37-38-87-39-40-88-41-42-89-44-63(76)69-50-19-11-46(12-20-50)64-54-27-29-56(70-54)65(47-13-21-51(22-14-47)91(77,78)79)58-31-33-60(72-58)67(49-17-25-53(26-18-49)93(83,84)85)61-34-32-59(73-61)66(57-30-28-55(64)71-57)48-15-23-52(24-16-48)92(80,81)82;;/h11-34H,2-10,35-44H2,1H3,(H7,68,69,70,71,72,73,75,76,77,78,79,80,81,82,83,84,85);1H;/q;;+3/p-3. The van der Waals surface area contributed by atoms with Crippen molar-refractivity contribution in [1.82, 2.24) is 25.3 Å². The largest absolute Gasteiger partial charge is 3.00 e. The Hall–Kier alpha value is -6.99. The Kier molecular flexibility index (Phi) is 28.4. The molecule has 0 aliphatic carbocycles. The van der Waals surface area contributed by atoms with Crippen LogP contribution in [0.15, 0.2) is 136 Å². The molecule has 2 aliphatic heterocycles. The third-order valence-corrected chi connectivity index (χ3v) is 18.4. The molecule has 0 fully saturated rings. The van der Waals surface area contributed by atoms with Crippen LogP contribution in [0.4, 0.5) is 5.69 Å². The summed E-state index contributed by atoms with van der Waals surface area (Å²) in [4.78, 5) is 55.8. The van der Waals surface area contributed by atoms with Gasteiger partial charge >= 0.3 is 17.1 Å². The summed E-state index contributed by atoms with van der Waals surface area (Å²) in [6.45, 7) is 3.92. The third kappa shape index (κ3) is 21.8. The second-order valence-electron chi connectivity index (χ2n) is 21.6. The molecule has 5 heterocycles. The summed E-state index contributed by atoms with van der Waals surface area (Å²) in [5.74, 6) is 0.520. The Morgan fingerprint density at radius 1 is 0.442 bits per heavy atom. The molecular formula is C67H70BrFeN6O16S4. The number of carbonyl (C=O) groups excluding carboxylic acids is 3. The first-order valence-corrected chi connectivity index (χ1v) is 35.4. The molecule has 28 heteroatoms. The van der Waals surface area contributed by atoms with Crippen molar-refractivity contribution in [2.45, 2.75) is 79.4 Å². The zero-order valence-electron chi connectivity index (χ0n) is 51.6. The van der Waals surface area contributed by atoms with E-state index in [9.17, 15) is 53.3 Å². The zero-order chi connectivity index (χ0) is 66.0. The minimum Gasteiger partial charge on any atom is -1.00 e. The maximum absolute atomic E-state index is 13.1. The van der Waals surface area contributed by atoms with E-state index >= 15 is 0 Å². The summed E-state index contributed by atoms with van der Waals surface area (Å²) >= 11 is 1.39. The molecule has 0 unspecified atom stereocenters. The Morgan fingerprint density at radius 3 is 1.13 bits per heavy atom. The average molecular weight is 1480 g/mol. The first kappa shape index (κ1) is 75.4. The number of rotatable bonds is 33. The van der Waals surface area contributed by atoms with Crippen LogP contribution in [0.5, 0.6) is 0 Å². The van der Waals surface area contributed by atoms with Gasteiger partial charge in [0.15, 0.2) is 5.12 Å². The molecule has 5 N–H and O–H groups in total. The Labute approximate surface area is 577 Å². The Balaban J connectivity index is 0.00000638. The Morgan fingerprint density at radius 2 is 0.768 bits per heavy atom. The van der Waals surface area contributed by atoms with Crippen LogP contribution < -0.4 is 37.6 Å². The summed E-state index contributed by atoms with van der Waals surface area (Å²) in [6.07, 6.45) is 16.3. The fourth-order valence-corrected chi connectivity index (χ4v) is 12.5. The van der Waals surface area contributed by atoms with Crippen LogP contribution in [-0.4, -0.2) is 131 Å². The van der Waals surface area contributed by atoms with Gasteiger partial charge in [-0.15, -0.1) is 22.1 Å². The van der Waals surface area contributed by atoms with Gasteiger partial charge in [0.2, 0.25) is 11.8 Å². The number of unbranched alkanes of at least 4 members (excludes halogenated alkanes) is 7. The van der Waals surface area contributed by atoms with Crippen molar-refractivity contribution in [3.8, 4) is 44.5 Å². The maximum Gasteiger partial charge on any atom is 3.00 e. The molecule has 4 aromatic carbocycles. The molecule has 22 nitrogen and oxygen atoms in total. The molecule has 8 bridgehead atoms. The van der Waals surface area contributed by atoms with Crippen LogP contribution in [-0.2, 0) is 80.8 Å². The summed E-state index contributed by atoms with van der Waals surface area (Å²) in [6, 6.07) is 30.6. The van der Waals surface area contributed by atoms with Gasteiger partial charge in [-0.25, -0.2) is 9.97 Å². The number of nitrogens with zero attached hydrogens (tertiary/aromatic N) is 4. The first-order valence-electron chi connectivity index (χ1n) is 30.1. The van der Waals surface area contributed by atoms with E-state index in [4.69, 9.17) is 38.9 Å². The number of fused-ring (bicyclic) bond motifs is 8. The van der Waals surface area contributed by atoms with Gasteiger partial charge in [0.05, 0.1) is 83.7 Å². The number of aromatic nitrogens is 4. The SMILES string of the molecule is CC(=O)SCCCCCCCCCCC(=O)NCCOCCOCCOCCOCC(=O)Nc1ccc(-c2c3nc(c(-c4ccc(S(=O)(=O)O)cc4)c4ccc([n-]4)c(-c4ccc(S(=O)(=O)O)cc4)c4nc(c(-c5ccc(S(=O)(=O)O)cc5)c5ccc2[n-]5)C=C4)C=C3)cc1.[Br-].[Fe+3]. The van der Waals surface area contributed by atoms with Crippen molar-refractivity contribution in [2.24, 2.45) is 0 Å². The van der Waals surface area contributed by atoms with E-state index in [1.54, 1.807) is 79.8 Å². The van der Waals surface area contributed by atoms with Gasteiger partial charge in [-0.05, 0) is 130 Å². The van der Waals surface area contributed by atoms with Crippen LogP contribution in [0.2, 0.25) is 0 Å². The summed E-state index contributed by atoms with van der Waals surface area (Å²) in [7, 11) is -13.7. The van der Waals surface area contributed by atoms with Crippen LogP contribution in [0, 0.1) is 0 Å². The van der Waals surface area contributed by atoms with Crippen LogP contribution >= 0.6 is 11.8 Å². The average Bonchev–Trinajstić information content (AvgIpc) is 1.64. The molecule has 0 saturated heterocycles. The molecule has 0 saturated carbocycles. The molecule has 503 valence electrons. The van der Waals surface area contributed by atoms with Crippen molar-refractivity contribution in [2.75, 3.05) is 70.5 Å². The molecule has 0 spiro atoms. The molecule has 2 aliphatic rings. The number of thioether (sulfide) groups is 1. The third-order valence-electron chi connectivity index (χ3n) is 14.9. The van der Waals surface area contributed by atoms with Crippen LogP contribution in [0.25, 0.3) is 90.9 Å². The minimum atomic E-state index is -4.57. The fraction of sp³-hybridized carbons (Fsp3) is 0.299. The van der Waals surface area contributed by atoms with Crippen molar-refractivity contribution in [3.63, 3.8) is 0 Å². The molecule has 0 atom stereocenters. The fourth-order valence-electron chi connectivity index (χ4n) is 10.4. The maximum atomic E-state index is 13.1. The quantitative estimate of drug-likeness (QED) is 0.0147. The molecule has 2 amide bonds. The minimum absolute atomic E-state index is 0. The number of nitrogens with one attached hydrogen (secondary N) is 2. The number of amides is 2. The van der Waals surface area contributed by atoms with E-state index < -0.39 is 36.3 Å². The van der Waals surface area contributed by atoms with Gasteiger partial charge in [0.25, 0.3) is 30.4 Å². The first-order chi connectivity index (χ1) is 44.7. The molecule has 7 aromatic rings. The van der Waals surface area contributed by atoms with E-state index in [1.165, 1.54) is 104 Å². The van der Waals surface area contributed by atoms with Crippen molar-refractivity contribution in [3.05, 3.63) is 144 Å². The van der Waals surface area contributed by atoms with Gasteiger partial charge in [-0.3, -0.25) is 28.0 Å². The number of anilines is 1. The topological polar surface area (TPSA) is 329 Å². The smallest absolute Gasteiger partial charge is 1.00 e. The van der Waals surface area contributed by atoms with Gasteiger partial charge in [-0.1, -0.05) is 123 Å². The van der Waals surface area contributed by atoms with Crippen molar-refractivity contribution < 1.29 is 106 Å². The number of halogens is 1. The monoisotopic (exact) mass is 1480 g/mol. The van der Waals surface area contributed by atoms with Crippen molar-refractivity contribution in [1.29, 1.82) is 0 Å². The van der Waals surface area contributed by atoms with E-state index in [1.807, 2.05) is 0 Å². The van der Waals surface area contributed by atoms with Gasteiger partial charge in [-0.2, -0.15) is 25.3 Å². The number of ether oxygens (including phenoxy) is 4. The zero-order valence-corrected chi connectivity index (χ0v) is 57.5. The second kappa shape index (κ2) is 35.8. The molecule has 9 rings (SSSR count). The van der Waals surface area contributed by atoms with Crippen LogP contribution in [0.1, 0.15) is 87.5 Å². The Bertz CT molecular complexity index is 4330. The van der Waals surface area contributed by atoms with Crippen molar-refractivity contribution >= 4 is 111 Å². The van der Waals surface area contributed by atoms with Gasteiger partial charge in [0.1, 0.15) is 6.61 Å². The number of hydrogen-bond acceptors (Lipinski definition) is 16.